The van der Waals surface area contributed by atoms with E-state index in [0.29, 0.717) is 5.95 Å². The molecule has 0 saturated heterocycles. The molecule has 0 amide bonds. The van der Waals surface area contributed by atoms with Crippen molar-refractivity contribution in [3.63, 3.8) is 0 Å². The number of nitrogens with zero attached hydrogens (tertiary/aromatic N) is 4. The van der Waals surface area contributed by atoms with Gasteiger partial charge in [0.05, 0.1) is 12.8 Å². The third kappa shape index (κ3) is 3.80. The number of hydrogen-bond donors (Lipinski definition) is 3. The lowest BCUT2D eigenvalue weighted by Crippen LogP contribution is -2.02. The van der Waals surface area contributed by atoms with Crippen molar-refractivity contribution in [2.24, 2.45) is 0 Å². The molecule has 0 unspecified atom stereocenters. The number of nitrogens with one attached hydrogen (secondary N) is 3. The van der Waals surface area contributed by atoms with E-state index in [1.54, 1.807) is 7.11 Å². The fourth-order valence-corrected chi connectivity index (χ4v) is 2.51. The summed E-state index contributed by atoms with van der Waals surface area (Å²) in [5.41, 5.74) is 3.30. The summed E-state index contributed by atoms with van der Waals surface area (Å²) in [4.78, 5) is 17.3. The SMILES string of the molecule is CNc1cc(-c2cc(Nc3nc(C)cc(NC)n3)ccc2OC)ncn1. The molecule has 2 aromatic heterocycles. The Morgan fingerprint density at radius 3 is 2.46 bits per heavy atom. The summed E-state index contributed by atoms with van der Waals surface area (Å²) in [6, 6.07) is 9.49. The average Bonchev–Trinajstić information content (AvgIpc) is 2.67. The fourth-order valence-electron chi connectivity index (χ4n) is 2.51. The van der Waals surface area contributed by atoms with Gasteiger partial charge in [-0.1, -0.05) is 0 Å². The standard InChI is InChI=1S/C18H21N7O/c1-11-7-17(20-3)25-18(23-11)24-12-5-6-15(26-4)13(8-12)14-9-16(19-2)22-10-21-14/h5-10H,1-4H3,(H,19,21,22)(H2,20,23,24,25). The fraction of sp³-hybridized carbons (Fsp3) is 0.222. The minimum Gasteiger partial charge on any atom is -0.496 e. The van der Waals surface area contributed by atoms with E-state index in [0.717, 1.165) is 40.0 Å². The highest BCUT2D eigenvalue weighted by atomic mass is 16.5. The Hall–Kier alpha value is -3.42. The van der Waals surface area contributed by atoms with Gasteiger partial charge in [0.2, 0.25) is 5.95 Å². The Kier molecular flexibility index (Phi) is 5.12. The quantitative estimate of drug-likeness (QED) is 0.623. The van der Waals surface area contributed by atoms with Gasteiger partial charge >= 0.3 is 0 Å². The lowest BCUT2D eigenvalue weighted by Gasteiger charge is -2.12. The zero-order valence-corrected chi connectivity index (χ0v) is 15.2. The largest absolute Gasteiger partial charge is 0.496 e. The van der Waals surface area contributed by atoms with Gasteiger partial charge in [0, 0.05) is 43.2 Å². The molecule has 0 aliphatic heterocycles. The topological polar surface area (TPSA) is 96.9 Å². The van der Waals surface area contributed by atoms with E-state index in [4.69, 9.17) is 4.74 Å². The summed E-state index contributed by atoms with van der Waals surface area (Å²) in [5.74, 6) is 2.72. The maximum atomic E-state index is 5.48. The highest BCUT2D eigenvalue weighted by Gasteiger charge is 2.11. The molecule has 0 aliphatic rings. The van der Waals surface area contributed by atoms with E-state index in [2.05, 4.69) is 35.9 Å². The monoisotopic (exact) mass is 351 g/mol. The molecule has 0 fully saturated rings. The number of methoxy groups -OCH3 is 1. The number of anilines is 4. The van der Waals surface area contributed by atoms with E-state index < -0.39 is 0 Å². The predicted molar refractivity (Wildman–Crippen MR) is 103 cm³/mol. The average molecular weight is 351 g/mol. The van der Waals surface area contributed by atoms with Crippen LogP contribution in [0.25, 0.3) is 11.3 Å². The van der Waals surface area contributed by atoms with Gasteiger partial charge in [-0.3, -0.25) is 0 Å². The molecule has 8 heteroatoms. The Labute approximate surface area is 152 Å². The van der Waals surface area contributed by atoms with Crippen LogP contribution < -0.4 is 20.7 Å². The van der Waals surface area contributed by atoms with Gasteiger partial charge in [0.1, 0.15) is 23.7 Å². The maximum Gasteiger partial charge on any atom is 0.229 e. The highest BCUT2D eigenvalue weighted by Crippen LogP contribution is 2.32. The second kappa shape index (κ2) is 7.64. The summed E-state index contributed by atoms with van der Waals surface area (Å²) in [5, 5.41) is 9.27. The zero-order chi connectivity index (χ0) is 18.5. The van der Waals surface area contributed by atoms with Crippen molar-refractivity contribution < 1.29 is 4.74 Å². The molecule has 3 aromatic rings. The Balaban J connectivity index is 1.98. The van der Waals surface area contributed by atoms with Gasteiger partial charge in [-0.2, -0.15) is 4.98 Å². The van der Waals surface area contributed by atoms with Crippen LogP contribution in [0.2, 0.25) is 0 Å². The predicted octanol–water partition coefficient (Wildman–Crippen LogP) is 3.08. The van der Waals surface area contributed by atoms with E-state index >= 15 is 0 Å². The Morgan fingerprint density at radius 2 is 1.73 bits per heavy atom. The first-order chi connectivity index (χ1) is 12.6. The summed E-state index contributed by atoms with van der Waals surface area (Å²) in [6.07, 6.45) is 1.52. The summed E-state index contributed by atoms with van der Waals surface area (Å²) in [6.45, 7) is 1.92. The van der Waals surface area contributed by atoms with Crippen molar-refractivity contribution in [2.45, 2.75) is 6.92 Å². The summed E-state index contributed by atoms with van der Waals surface area (Å²) in [7, 11) is 5.27. The first-order valence-electron chi connectivity index (χ1n) is 8.11. The van der Waals surface area contributed by atoms with E-state index in [-0.39, 0.29) is 0 Å². The lowest BCUT2D eigenvalue weighted by atomic mass is 10.1. The van der Waals surface area contributed by atoms with Crippen molar-refractivity contribution in [1.29, 1.82) is 0 Å². The summed E-state index contributed by atoms with van der Waals surface area (Å²) < 4.78 is 5.48. The Morgan fingerprint density at radius 1 is 0.923 bits per heavy atom. The molecule has 0 bridgehead atoms. The van der Waals surface area contributed by atoms with E-state index in [9.17, 15) is 0 Å². The van der Waals surface area contributed by atoms with Gasteiger partial charge in [-0.25, -0.2) is 15.0 Å². The maximum absolute atomic E-state index is 5.48. The molecular weight excluding hydrogens is 330 g/mol. The van der Waals surface area contributed by atoms with Crippen LogP contribution in [0.3, 0.4) is 0 Å². The highest BCUT2D eigenvalue weighted by molar-refractivity contribution is 5.74. The third-order valence-corrected chi connectivity index (χ3v) is 3.77. The molecule has 134 valence electrons. The third-order valence-electron chi connectivity index (χ3n) is 3.77. The van der Waals surface area contributed by atoms with Crippen LogP contribution in [-0.2, 0) is 0 Å². The van der Waals surface area contributed by atoms with Gasteiger partial charge < -0.3 is 20.7 Å². The van der Waals surface area contributed by atoms with E-state index in [1.807, 2.05) is 51.4 Å². The number of rotatable bonds is 6. The van der Waals surface area contributed by atoms with Crippen LogP contribution in [0.4, 0.5) is 23.3 Å². The van der Waals surface area contributed by atoms with E-state index in [1.165, 1.54) is 6.33 Å². The van der Waals surface area contributed by atoms with Crippen LogP contribution in [0.5, 0.6) is 5.75 Å². The second-order valence-electron chi connectivity index (χ2n) is 5.55. The van der Waals surface area contributed by atoms with Crippen LogP contribution in [-0.4, -0.2) is 41.1 Å². The van der Waals surface area contributed by atoms with Crippen molar-refractivity contribution in [3.8, 4) is 17.0 Å². The van der Waals surface area contributed by atoms with Gasteiger partial charge in [-0.15, -0.1) is 0 Å². The first kappa shape index (κ1) is 17.4. The van der Waals surface area contributed by atoms with Crippen LogP contribution in [0, 0.1) is 6.92 Å². The van der Waals surface area contributed by atoms with Crippen molar-refractivity contribution in [1.82, 2.24) is 19.9 Å². The van der Waals surface area contributed by atoms with Crippen LogP contribution in [0.1, 0.15) is 5.69 Å². The van der Waals surface area contributed by atoms with Crippen molar-refractivity contribution in [3.05, 3.63) is 42.4 Å². The minimum absolute atomic E-state index is 0.518. The molecule has 2 heterocycles. The second-order valence-corrected chi connectivity index (χ2v) is 5.55. The number of hydrogen-bond acceptors (Lipinski definition) is 8. The van der Waals surface area contributed by atoms with Crippen molar-refractivity contribution in [2.75, 3.05) is 37.2 Å². The zero-order valence-electron chi connectivity index (χ0n) is 15.2. The molecule has 1 aromatic carbocycles. The molecular formula is C18H21N7O. The molecule has 0 atom stereocenters. The molecule has 26 heavy (non-hydrogen) atoms. The molecule has 8 nitrogen and oxygen atoms in total. The van der Waals surface area contributed by atoms with Crippen LogP contribution >= 0.6 is 0 Å². The summed E-state index contributed by atoms with van der Waals surface area (Å²) >= 11 is 0. The van der Waals surface area contributed by atoms with Crippen LogP contribution in [0.15, 0.2) is 36.7 Å². The molecule has 0 spiro atoms. The minimum atomic E-state index is 0.518. The van der Waals surface area contributed by atoms with Gasteiger partial charge in [-0.05, 0) is 25.1 Å². The van der Waals surface area contributed by atoms with Gasteiger partial charge in [0.25, 0.3) is 0 Å². The molecule has 0 radical (unpaired) electrons. The first-order valence-corrected chi connectivity index (χ1v) is 8.11. The normalized spacial score (nSPS) is 10.3. The van der Waals surface area contributed by atoms with Gasteiger partial charge in [0.15, 0.2) is 0 Å². The smallest absolute Gasteiger partial charge is 0.229 e. The molecule has 0 saturated carbocycles. The molecule has 0 aliphatic carbocycles. The Bertz CT molecular complexity index is 914. The molecule has 3 rings (SSSR count). The number of ether oxygens (including phenoxy) is 1. The number of aryl methyl sites for hydroxylation is 1. The molecule has 3 N–H and O–H groups in total. The van der Waals surface area contributed by atoms with Crippen molar-refractivity contribution >= 4 is 23.3 Å². The lowest BCUT2D eigenvalue weighted by molar-refractivity contribution is 0.416. The number of benzene rings is 1. The number of aromatic nitrogens is 4.